The molecule has 0 saturated heterocycles. The van der Waals surface area contributed by atoms with Crippen molar-refractivity contribution in [3.8, 4) is 97.4 Å². The second-order valence-electron chi connectivity index (χ2n) is 18.4. The van der Waals surface area contributed by atoms with Crippen LogP contribution in [0.4, 0.5) is 13.2 Å². The van der Waals surface area contributed by atoms with Crippen molar-refractivity contribution < 1.29 is 13.2 Å². The molecule has 12 rings (SSSR count). The molecule has 0 saturated carbocycles. The van der Waals surface area contributed by atoms with Crippen molar-refractivity contribution in [2.45, 2.75) is 6.18 Å². The van der Waals surface area contributed by atoms with Gasteiger partial charge in [-0.2, -0.15) is 39.5 Å². The molecule has 0 aliphatic heterocycles. The monoisotopic (exact) mass is 981 g/mol. The Balaban J connectivity index is 1.17. The van der Waals surface area contributed by atoms with Crippen LogP contribution >= 0.6 is 0 Å². The number of rotatable bonds is 7. The number of halogens is 3. The normalized spacial score (nSPS) is 11.3. The lowest BCUT2D eigenvalue weighted by Gasteiger charge is -2.19. The van der Waals surface area contributed by atoms with E-state index in [-0.39, 0.29) is 5.56 Å². The summed E-state index contributed by atoms with van der Waals surface area (Å²) in [6, 6.07) is 73.6. The third kappa shape index (κ3) is 7.92. The van der Waals surface area contributed by atoms with Crippen molar-refractivity contribution in [3.05, 3.63) is 240 Å². The molecule has 10 aromatic carbocycles. The Kier molecular flexibility index (Phi) is 11.1. The van der Waals surface area contributed by atoms with E-state index < -0.39 is 11.7 Å². The summed E-state index contributed by atoms with van der Waals surface area (Å²) in [7, 11) is 0. The van der Waals surface area contributed by atoms with Crippen LogP contribution < -0.4 is 0 Å². The lowest BCUT2D eigenvalue weighted by Crippen LogP contribution is -2.06. The molecule has 0 spiro atoms. The summed E-state index contributed by atoms with van der Waals surface area (Å²) in [5.74, 6) is 0. The highest BCUT2D eigenvalue weighted by molar-refractivity contribution is 6.14. The molecule has 0 aliphatic rings. The van der Waals surface area contributed by atoms with Crippen LogP contribution in [0.1, 0.15) is 33.4 Å². The van der Waals surface area contributed by atoms with E-state index in [9.17, 15) is 39.5 Å². The third-order valence-electron chi connectivity index (χ3n) is 14.1. The SMILES string of the molecule is N#Cc1ccc(-c2ccc3c(c2)c2cc(-c4ccc(C#N)cc4)ccc2n3-c2cc(-c3cccc(C(F)(F)F)c3)cc(-n3c4ccc(-c5ccc(C#N)cc5)cc4c4cc(-c5ccc(C#N)cc5)ccc43)c2C#N)cc1. The van der Waals surface area contributed by atoms with E-state index in [1.165, 1.54) is 6.07 Å². The Morgan fingerprint density at radius 3 is 0.855 bits per heavy atom. The number of aromatic nitrogens is 2. The number of benzene rings is 10. The van der Waals surface area contributed by atoms with Crippen LogP contribution in [0.2, 0.25) is 0 Å². The van der Waals surface area contributed by atoms with E-state index in [2.05, 4.69) is 54.6 Å². The molecule has 2 aromatic heterocycles. The van der Waals surface area contributed by atoms with Crippen LogP contribution in [0.25, 0.3) is 111 Å². The van der Waals surface area contributed by atoms with Crippen molar-refractivity contribution in [2.75, 3.05) is 0 Å². The summed E-state index contributed by atoms with van der Waals surface area (Å²) in [5, 5.41) is 53.3. The number of hydrogen-bond donors (Lipinski definition) is 0. The van der Waals surface area contributed by atoms with E-state index in [0.717, 1.165) is 100 Å². The maximum absolute atomic E-state index is 14.6. The molecular formula is C66H34F3N7. The second-order valence-corrected chi connectivity index (χ2v) is 18.4. The first kappa shape index (κ1) is 46.1. The molecule has 0 N–H and O–H groups in total. The Labute approximate surface area is 433 Å². The van der Waals surface area contributed by atoms with Crippen LogP contribution in [-0.2, 0) is 6.18 Å². The van der Waals surface area contributed by atoms with Gasteiger partial charge in [0.15, 0.2) is 0 Å². The van der Waals surface area contributed by atoms with Crippen LogP contribution in [0, 0.1) is 56.7 Å². The van der Waals surface area contributed by atoms with Crippen molar-refractivity contribution in [2.24, 2.45) is 0 Å². The van der Waals surface area contributed by atoms with Crippen LogP contribution in [0.15, 0.2) is 206 Å². The lowest BCUT2D eigenvalue weighted by atomic mass is 9.98. The first-order valence-corrected chi connectivity index (χ1v) is 24.0. The smallest absolute Gasteiger partial charge is 0.308 e. The Hall–Kier alpha value is -11.0. The van der Waals surface area contributed by atoms with E-state index in [0.29, 0.717) is 44.8 Å². The van der Waals surface area contributed by atoms with Gasteiger partial charge in [-0.25, -0.2) is 0 Å². The van der Waals surface area contributed by atoms with Crippen LogP contribution in [0.3, 0.4) is 0 Å². The largest absolute Gasteiger partial charge is 0.416 e. The van der Waals surface area contributed by atoms with E-state index >= 15 is 0 Å². The summed E-state index contributed by atoms with van der Waals surface area (Å²) in [5.41, 5.74) is 13.1. The molecular weight excluding hydrogens is 948 g/mol. The first-order valence-electron chi connectivity index (χ1n) is 24.0. The van der Waals surface area contributed by atoms with Gasteiger partial charge in [0.1, 0.15) is 11.6 Å². The Bertz CT molecular complexity index is 4100. The average molecular weight is 982 g/mol. The zero-order valence-electron chi connectivity index (χ0n) is 39.9. The summed E-state index contributed by atoms with van der Waals surface area (Å²) in [6.45, 7) is 0. The molecule has 0 fully saturated rings. The van der Waals surface area contributed by atoms with Crippen LogP contribution in [-0.4, -0.2) is 9.13 Å². The van der Waals surface area contributed by atoms with E-state index in [1.807, 2.05) is 106 Å². The first-order chi connectivity index (χ1) is 37.0. The van der Waals surface area contributed by atoms with E-state index in [4.69, 9.17) is 0 Å². The van der Waals surface area contributed by atoms with Gasteiger partial charge in [-0.15, -0.1) is 0 Å². The third-order valence-corrected chi connectivity index (χ3v) is 14.1. The minimum absolute atomic E-state index is 0.257. The molecule has 0 atom stereocenters. The topological polar surface area (TPSA) is 129 Å². The number of nitriles is 5. The molecule has 0 amide bonds. The van der Waals surface area contributed by atoms with Gasteiger partial charge in [-0.3, -0.25) is 0 Å². The van der Waals surface area contributed by atoms with Crippen LogP contribution in [0.5, 0.6) is 0 Å². The van der Waals surface area contributed by atoms with Crippen molar-refractivity contribution >= 4 is 43.6 Å². The zero-order chi connectivity index (χ0) is 52.2. The van der Waals surface area contributed by atoms with Gasteiger partial charge in [-0.1, -0.05) is 84.9 Å². The number of hydrogen-bond acceptors (Lipinski definition) is 5. The molecule has 0 radical (unpaired) electrons. The predicted octanol–water partition coefficient (Wildman–Crippen LogP) is 16.6. The number of alkyl halides is 3. The highest BCUT2D eigenvalue weighted by Crippen LogP contribution is 2.44. The molecule has 10 heteroatoms. The highest BCUT2D eigenvalue weighted by Gasteiger charge is 2.31. The second kappa shape index (κ2) is 18.3. The van der Waals surface area contributed by atoms with E-state index in [1.54, 1.807) is 66.7 Å². The summed E-state index contributed by atoms with van der Waals surface area (Å²) < 4.78 is 47.7. The Morgan fingerprint density at radius 1 is 0.289 bits per heavy atom. The molecule has 354 valence electrons. The minimum Gasteiger partial charge on any atom is -0.308 e. The quantitative estimate of drug-likeness (QED) is 0.157. The maximum Gasteiger partial charge on any atom is 0.416 e. The van der Waals surface area contributed by atoms with Crippen molar-refractivity contribution in [1.82, 2.24) is 9.13 Å². The van der Waals surface area contributed by atoms with Gasteiger partial charge in [0.05, 0.1) is 85.5 Å². The zero-order valence-corrected chi connectivity index (χ0v) is 39.9. The van der Waals surface area contributed by atoms with Gasteiger partial charge < -0.3 is 9.13 Å². The van der Waals surface area contributed by atoms with Gasteiger partial charge in [0.25, 0.3) is 0 Å². The minimum atomic E-state index is -4.63. The summed E-state index contributed by atoms with van der Waals surface area (Å²) in [4.78, 5) is 0. The molecule has 76 heavy (non-hydrogen) atoms. The summed E-state index contributed by atoms with van der Waals surface area (Å²) >= 11 is 0. The number of nitrogens with zero attached hydrogens (tertiary/aromatic N) is 7. The Morgan fingerprint density at radius 2 is 0.579 bits per heavy atom. The number of fused-ring (bicyclic) bond motifs is 6. The van der Waals surface area contributed by atoms with Gasteiger partial charge in [0, 0.05) is 21.5 Å². The van der Waals surface area contributed by atoms with Crippen molar-refractivity contribution in [1.29, 1.82) is 26.3 Å². The molecule has 2 heterocycles. The van der Waals surface area contributed by atoms with Crippen molar-refractivity contribution in [3.63, 3.8) is 0 Å². The summed E-state index contributed by atoms with van der Waals surface area (Å²) in [6.07, 6.45) is -4.63. The highest BCUT2D eigenvalue weighted by atomic mass is 19.4. The standard InChI is InChI=1S/C66H34F3N7/c67-66(68,69)54-3-1-2-48(28-54)53-33-64(75-60-24-20-49(44-12-4-40(35-70)5-13-44)29-55(60)56-30-50(21-25-61(56)75)45-14-6-41(36-71)7-15-45)59(39-74)65(34-53)76-62-26-22-51(46-16-8-42(37-72)9-17-46)31-57(62)58-32-52(23-27-63(58)76)47-18-10-43(38-73)11-19-47/h1-34H. The average Bonchev–Trinajstić information content (AvgIpc) is 4.16. The fourth-order valence-electron chi connectivity index (χ4n) is 10.4. The molecule has 0 unspecified atom stereocenters. The van der Waals surface area contributed by atoms with Gasteiger partial charge in [-0.05, 0) is 177 Å². The lowest BCUT2D eigenvalue weighted by molar-refractivity contribution is -0.137. The van der Waals surface area contributed by atoms with Gasteiger partial charge in [0.2, 0.25) is 0 Å². The fourth-order valence-corrected chi connectivity index (χ4v) is 10.4. The fraction of sp³-hybridized carbons (Fsp3) is 0.0152. The maximum atomic E-state index is 14.6. The molecule has 0 aliphatic carbocycles. The predicted molar refractivity (Wildman–Crippen MR) is 291 cm³/mol. The molecule has 7 nitrogen and oxygen atoms in total. The molecule has 12 aromatic rings. The molecule has 0 bridgehead atoms. The van der Waals surface area contributed by atoms with Gasteiger partial charge >= 0.3 is 6.18 Å².